The maximum Gasteiger partial charge on any atom is 0.490 e. The zero-order chi connectivity index (χ0) is 28.6. The monoisotopic (exact) mass is 580 g/mol. The molecule has 2 amide bonds. The Balaban J connectivity index is 0.000000532. The summed E-state index contributed by atoms with van der Waals surface area (Å²) in [6.07, 6.45) is -1.55. The van der Waals surface area contributed by atoms with Gasteiger partial charge in [-0.1, -0.05) is 23.7 Å². The van der Waals surface area contributed by atoms with Gasteiger partial charge in [-0.2, -0.15) is 18.2 Å². The Labute approximate surface area is 229 Å². The first-order valence-electron chi connectivity index (χ1n) is 11.0. The number of alkyl halides is 3. The number of amides is 2. The summed E-state index contributed by atoms with van der Waals surface area (Å²) < 4.78 is 36.7. The molecule has 0 bridgehead atoms. The number of fused-ring (bicyclic) bond motifs is 1. The van der Waals surface area contributed by atoms with Crippen LogP contribution < -0.4 is 10.6 Å². The predicted molar refractivity (Wildman–Crippen MR) is 143 cm³/mol. The quantitative estimate of drug-likeness (QED) is 0.275. The van der Waals surface area contributed by atoms with Gasteiger partial charge in [0.2, 0.25) is 0 Å². The van der Waals surface area contributed by atoms with E-state index >= 15 is 0 Å². The molecule has 1 aliphatic rings. The Hall–Kier alpha value is -3.94. The van der Waals surface area contributed by atoms with Gasteiger partial charge in [0.1, 0.15) is 0 Å². The van der Waals surface area contributed by atoms with Crippen LogP contribution in [-0.2, 0) is 14.3 Å². The van der Waals surface area contributed by atoms with Gasteiger partial charge in [0.25, 0.3) is 11.8 Å². The molecule has 0 fully saturated rings. The third-order valence-corrected chi connectivity index (χ3v) is 6.08. The smallest absolute Gasteiger partial charge is 0.475 e. The van der Waals surface area contributed by atoms with Crippen LogP contribution >= 0.6 is 23.4 Å². The summed E-state index contributed by atoms with van der Waals surface area (Å²) in [4.78, 5) is 42.5. The molecule has 14 heteroatoms. The Morgan fingerprint density at radius 2 is 1.92 bits per heavy atom. The number of amidine groups is 1. The third-order valence-electron chi connectivity index (χ3n) is 4.85. The summed E-state index contributed by atoms with van der Waals surface area (Å²) in [5.41, 5.74) is 2.69. The highest BCUT2D eigenvalue weighted by Crippen LogP contribution is 2.32. The van der Waals surface area contributed by atoms with E-state index in [9.17, 15) is 22.8 Å². The third kappa shape index (κ3) is 8.53. The fraction of sp³-hybridized carbons (Fsp3) is 0.160. The van der Waals surface area contributed by atoms with Gasteiger partial charge in [-0.05, 0) is 59.8 Å². The van der Waals surface area contributed by atoms with Gasteiger partial charge in [0.05, 0.1) is 27.7 Å². The molecule has 3 N–H and O–H groups in total. The number of ether oxygens (including phenoxy) is 1. The number of carboxylic acids is 1. The highest BCUT2D eigenvalue weighted by Gasteiger charge is 2.38. The molecule has 3 aromatic rings. The Kier molecular flexibility index (Phi) is 10.0. The van der Waals surface area contributed by atoms with E-state index < -0.39 is 12.1 Å². The number of pyridine rings is 1. The largest absolute Gasteiger partial charge is 0.490 e. The first kappa shape index (κ1) is 29.6. The van der Waals surface area contributed by atoms with Crippen molar-refractivity contribution in [2.45, 2.75) is 6.18 Å². The van der Waals surface area contributed by atoms with Gasteiger partial charge < -0.3 is 20.5 Å². The minimum atomic E-state index is -5.08. The summed E-state index contributed by atoms with van der Waals surface area (Å²) in [6, 6.07) is 14.5. The molecule has 0 radical (unpaired) electrons. The van der Waals surface area contributed by atoms with Crippen LogP contribution in [0.2, 0.25) is 5.02 Å². The average molecular weight is 581 g/mol. The summed E-state index contributed by atoms with van der Waals surface area (Å²) in [5, 5.41) is 14.7. The van der Waals surface area contributed by atoms with E-state index in [0.29, 0.717) is 39.5 Å². The van der Waals surface area contributed by atoms with Gasteiger partial charge in [-0.3, -0.25) is 14.6 Å². The second kappa shape index (κ2) is 13.2. The molecular formula is C25H20ClF3N4O5S. The molecule has 1 aliphatic heterocycles. The number of benzene rings is 2. The van der Waals surface area contributed by atoms with Crippen molar-refractivity contribution in [1.82, 2.24) is 10.3 Å². The number of aromatic nitrogens is 1. The molecule has 39 heavy (non-hydrogen) atoms. The van der Waals surface area contributed by atoms with Crippen molar-refractivity contribution >= 4 is 69.0 Å². The minimum Gasteiger partial charge on any atom is -0.475 e. The molecule has 9 nitrogen and oxygen atoms in total. The number of methoxy groups -OCH3 is 1. The molecule has 0 saturated carbocycles. The van der Waals surface area contributed by atoms with E-state index in [1.54, 1.807) is 37.6 Å². The SMILES string of the molecule is COCCNC(=O)c1ccc(Cl)c(NC2=NC(=O)/C(=C/c3ccc4ncccc4c3)S2)c1.O=C(O)C(F)(F)F. The normalized spacial score (nSPS) is 14.0. The molecule has 2 aromatic carbocycles. The topological polar surface area (TPSA) is 130 Å². The first-order valence-corrected chi connectivity index (χ1v) is 12.2. The number of nitrogens with one attached hydrogen (secondary N) is 2. The maximum atomic E-state index is 12.4. The molecule has 1 aromatic heterocycles. The van der Waals surface area contributed by atoms with E-state index in [2.05, 4.69) is 20.6 Å². The van der Waals surface area contributed by atoms with E-state index in [0.717, 1.165) is 16.5 Å². The zero-order valence-electron chi connectivity index (χ0n) is 20.1. The van der Waals surface area contributed by atoms with Crippen LogP contribution in [0.25, 0.3) is 17.0 Å². The van der Waals surface area contributed by atoms with Gasteiger partial charge in [-0.25, -0.2) is 4.79 Å². The number of aliphatic carboxylic acids is 1. The molecule has 0 saturated heterocycles. The number of anilines is 1. The van der Waals surface area contributed by atoms with Crippen LogP contribution in [0, 0.1) is 0 Å². The van der Waals surface area contributed by atoms with Gasteiger partial charge in [0.15, 0.2) is 5.17 Å². The van der Waals surface area contributed by atoms with Gasteiger partial charge in [0, 0.05) is 30.8 Å². The lowest BCUT2D eigenvalue weighted by Gasteiger charge is -2.10. The van der Waals surface area contributed by atoms with Gasteiger partial charge in [-0.15, -0.1) is 0 Å². The fourth-order valence-corrected chi connectivity index (χ4v) is 4.03. The fourth-order valence-electron chi connectivity index (χ4n) is 3.04. The molecule has 0 aliphatic carbocycles. The summed E-state index contributed by atoms with van der Waals surface area (Å²) in [7, 11) is 1.57. The van der Waals surface area contributed by atoms with Crippen LogP contribution in [0.5, 0.6) is 0 Å². The van der Waals surface area contributed by atoms with Crippen LogP contribution in [0.3, 0.4) is 0 Å². The molecule has 0 atom stereocenters. The van der Waals surface area contributed by atoms with Crippen molar-refractivity contribution in [3.8, 4) is 0 Å². The maximum absolute atomic E-state index is 12.4. The summed E-state index contributed by atoms with van der Waals surface area (Å²) in [6.45, 7) is 0.819. The second-order valence-electron chi connectivity index (χ2n) is 7.66. The van der Waals surface area contributed by atoms with Crippen LogP contribution in [-0.4, -0.2) is 59.5 Å². The number of thioether (sulfide) groups is 1. The summed E-state index contributed by atoms with van der Waals surface area (Å²) >= 11 is 7.49. The molecule has 2 heterocycles. The average Bonchev–Trinajstić information content (AvgIpc) is 3.23. The van der Waals surface area contributed by atoms with E-state index in [-0.39, 0.29) is 11.8 Å². The molecule has 0 unspecified atom stereocenters. The van der Waals surface area contributed by atoms with Crippen molar-refractivity contribution < 1.29 is 37.4 Å². The molecule has 4 rings (SSSR count). The lowest BCUT2D eigenvalue weighted by Crippen LogP contribution is -2.27. The Morgan fingerprint density at radius 1 is 1.18 bits per heavy atom. The second-order valence-corrected chi connectivity index (χ2v) is 9.10. The minimum absolute atomic E-state index is 0.245. The van der Waals surface area contributed by atoms with Crippen LogP contribution in [0.15, 0.2) is 64.6 Å². The van der Waals surface area contributed by atoms with Crippen molar-refractivity contribution in [3.63, 3.8) is 0 Å². The molecule has 204 valence electrons. The van der Waals surface area contributed by atoms with E-state index in [1.165, 1.54) is 11.8 Å². The van der Waals surface area contributed by atoms with Crippen LogP contribution in [0.4, 0.5) is 18.9 Å². The number of halogens is 4. The van der Waals surface area contributed by atoms with Crippen molar-refractivity contribution in [1.29, 1.82) is 0 Å². The number of carbonyl (C=O) groups excluding carboxylic acids is 2. The molecule has 0 spiro atoms. The van der Waals surface area contributed by atoms with Crippen molar-refractivity contribution in [2.75, 3.05) is 25.6 Å². The van der Waals surface area contributed by atoms with E-state index in [1.807, 2.05) is 30.3 Å². The van der Waals surface area contributed by atoms with Gasteiger partial charge >= 0.3 is 12.1 Å². The van der Waals surface area contributed by atoms with Crippen molar-refractivity contribution in [3.05, 3.63) is 75.8 Å². The zero-order valence-corrected chi connectivity index (χ0v) is 21.7. The van der Waals surface area contributed by atoms with Crippen LogP contribution in [0.1, 0.15) is 15.9 Å². The number of aliphatic imine (C=N–C) groups is 1. The first-order chi connectivity index (χ1) is 18.5. The lowest BCUT2D eigenvalue weighted by atomic mass is 10.1. The standard InChI is InChI=1S/C23H19ClN4O3S.C2HF3O2/c1-31-10-9-26-21(29)16-5-6-17(24)19(13-16)27-23-28-22(30)20(32-23)12-14-4-7-18-15(11-14)3-2-8-25-18;3-2(4,5)1(6)7/h2-8,11-13H,9-10H2,1H3,(H,26,29)(H,27,28,30);(H,6,7)/b20-12-;. The highest BCUT2D eigenvalue weighted by atomic mass is 35.5. The van der Waals surface area contributed by atoms with E-state index in [4.69, 9.17) is 26.2 Å². The number of carbonyl (C=O) groups is 3. The Morgan fingerprint density at radius 3 is 2.62 bits per heavy atom. The highest BCUT2D eigenvalue weighted by molar-refractivity contribution is 8.18. The number of rotatable bonds is 6. The predicted octanol–water partition coefficient (Wildman–Crippen LogP) is 4.98. The van der Waals surface area contributed by atoms with Crippen molar-refractivity contribution in [2.24, 2.45) is 4.99 Å². The summed E-state index contributed by atoms with van der Waals surface area (Å²) in [5.74, 6) is -3.34. The lowest BCUT2D eigenvalue weighted by molar-refractivity contribution is -0.192. The Bertz CT molecular complexity index is 1460. The number of hydrogen-bond acceptors (Lipinski definition) is 7. The molecular weight excluding hydrogens is 561 g/mol. The number of nitrogens with zero attached hydrogens (tertiary/aromatic N) is 2. The number of carboxylic acid groups (broad SMARTS) is 1. The number of hydrogen-bond donors (Lipinski definition) is 3.